The van der Waals surface area contributed by atoms with Crippen molar-refractivity contribution in [2.45, 2.75) is 38.5 Å². The van der Waals surface area contributed by atoms with Crippen LogP contribution in [-0.2, 0) is 10.0 Å². The molecule has 0 amide bonds. The lowest BCUT2D eigenvalue weighted by atomic mass is 10.0. The van der Waals surface area contributed by atoms with Crippen LogP contribution in [0.3, 0.4) is 0 Å². The van der Waals surface area contributed by atoms with Crippen LogP contribution in [0, 0.1) is 24.0 Å². The minimum Gasteiger partial charge on any atom is -0.493 e. The molecule has 11 heteroatoms. The van der Waals surface area contributed by atoms with Gasteiger partial charge in [-0.25, -0.2) is 8.42 Å². The molecule has 0 aliphatic carbocycles. The van der Waals surface area contributed by atoms with E-state index in [4.69, 9.17) is 0 Å². The number of fused-ring (bicyclic) bond motifs is 1. The summed E-state index contributed by atoms with van der Waals surface area (Å²) in [6.07, 6.45) is 0. The summed E-state index contributed by atoms with van der Waals surface area (Å²) in [5, 5.41) is 30.7. The summed E-state index contributed by atoms with van der Waals surface area (Å²) in [6, 6.07) is 14.2. The van der Waals surface area contributed by atoms with Crippen molar-refractivity contribution < 1.29 is 18.4 Å². The second kappa shape index (κ2) is 9.42. The molecule has 1 heterocycles. The lowest BCUT2D eigenvalue weighted by Gasteiger charge is -2.11. The van der Waals surface area contributed by atoms with E-state index in [2.05, 4.69) is 19.9 Å². The summed E-state index contributed by atoms with van der Waals surface area (Å²) in [7, 11) is -4.10. The fourth-order valence-electron chi connectivity index (χ4n) is 3.78. The monoisotopic (exact) mass is 507 g/mol. The first kappa shape index (κ1) is 24.9. The maximum absolute atomic E-state index is 12.9. The number of nitro groups is 1. The van der Waals surface area contributed by atoms with E-state index >= 15 is 0 Å². The van der Waals surface area contributed by atoms with Crippen LogP contribution in [0.1, 0.15) is 36.5 Å². The number of azo groups is 1. The van der Waals surface area contributed by atoms with Crippen molar-refractivity contribution in [1.29, 1.82) is 0 Å². The summed E-state index contributed by atoms with van der Waals surface area (Å²) >= 11 is 0. The van der Waals surface area contributed by atoms with E-state index in [1.165, 1.54) is 12.1 Å². The van der Waals surface area contributed by atoms with Crippen molar-refractivity contribution in [3.8, 4) is 5.88 Å². The summed E-state index contributed by atoms with van der Waals surface area (Å²) in [6.45, 7) is 7.72. The standard InChI is InChI=1S/C25H25N5O5S/c1-14(2)17-6-9-21-19(12-17)24(25(31)26-21)28-27-22-10-7-18(13-23(22)30(32)33)36(34,35)29-20-8-5-15(3)11-16(20)4/h5-14,26,29,31H,1-4H3. The molecule has 10 nitrogen and oxygen atoms in total. The van der Waals surface area contributed by atoms with E-state index in [0.29, 0.717) is 16.6 Å². The third-order valence-corrected chi connectivity index (χ3v) is 7.14. The Morgan fingerprint density at radius 1 is 1.03 bits per heavy atom. The van der Waals surface area contributed by atoms with Gasteiger partial charge in [-0.1, -0.05) is 37.6 Å². The Morgan fingerprint density at radius 3 is 2.44 bits per heavy atom. The van der Waals surface area contributed by atoms with Crippen LogP contribution in [-0.4, -0.2) is 23.4 Å². The number of aromatic hydroxyl groups is 1. The molecule has 0 saturated carbocycles. The minimum absolute atomic E-state index is 0.134. The van der Waals surface area contributed by atoms with Gasteiger partial charge in [0.05, 0.1) is 21.0 Å². The topological polar surface area (TPSA) is 150 Å². The van der Waals surface area contributed by atoms with Gasteiger partial charge in [0.2, 0.25) is 5.88 Å². The van der Waals surface area contributed by atoms with Crippen molar-refractivity contribution in [3.63, 3.8) is 0 Å². The number of H-pyrrole nitrogens is 1. The van der Waals surface area contributed by atoms with Crippen molar-refractivity contribution in [2.75, 3.05) is 4.72 Å². The Labute approximate surface area is 207 Å². The van der Waals surface area contributed by atoms with Crippen LogP contribution < -0.4 is 4.72 Å². The van der Waals surface area contributed by atoms with E-state index in [1.807, 2.05) is 45.0 Å². The number of benzene rings is 3. The Balaban J connectivity index is 1.71. The van der Waals surface area contributed by atoms with Gasteiger partial charge in [-0.2, -0.15) is 0 Å². The van der Waals surface area contributed by atoms with Crippen molar-refractivity contribution in [3.05, 3.63) is 81.4 Å². The molecular weight excluding hydrogens is 482 g/mol. The highest BCUT2D eigenvalue weighted by atomic mass is 32.2. The fraction of sp³-hybridized carbons (Fsp3) is 0.200. The number of aryl methyl sites for hydroxylation is 2. The molecule has 0 bridgehead atoms. The Kier molecular flexibility index (Phi) is 6.51. The molecule has 0 saturated heterocycles. The molecule has 0 atom stereocenters. The van der Waals surface area contributed by atoms with E-state index < -0.39 is 20.6 Å². The van der Waals surface area contributed by atoms with E-state index in [1.54, 1.807) is 19.1 Å². The molecule has 3 N–H and O–H groups in total. The third kappa shape index (κ3) is 4.91. The SMILES string of the molecule is Cc1ccc(NS(=O)(=O)c2ccc(N=Nc3c(O)[nH]c4ccc(C(C)C)cc34)c([N+](=O)[O-])c2)c(C)c1. The quantitative estimate of drug-likeness (QED) is 0.144. The number of nitro benzene ring substituents is 1. The number of anilines is 1. The molecule has 0 aliphatic heterocycles. The van der Waals surface area contributed by atoms with Gasteiger partial charge in [0.1, 0.15) is 0 Å². The minimum atomic E-state index is -4.10. The molecule has 0 spiro atoms. The molecular formula is C25H25N5O5S. The van der Waals surface area contributed by atoms with Gasteiger partial charge < -0.3 is 10.1 Å². The van der Waals surface area contributed by atoms with E-state index in [9.17, 15) is 23.6 Å². The predicted molar refractivity (Wildman–Crippen MR) is 138 cm³/mol. The largest absolute Gasteiger partial charge is 0.493 e. The molecule has 3 aromatic carbocycles. The summed E-state index contributed by atoms with van der Waals surface area (Å²) in [5.74, 6) is 0.0123. The normalized spacial score (nSPS) is 12.0. The summed E-state index contributed by atoms with van der Waals surface area (Å²) < 4.78 is 28.3. The first-order valence-corrected chi connectivity index (χ1v) is 12.6. The van der Waals surface area contributed by atoms with Crippen LogP contribution in [0.5, 0.6) is 5.88 Å². The van der Waals surface area contributed by atoms with Gasteiger partial charge in [-0.05, 0) is 61.2 Å². The van der Waals surface area contributed by atoms with Crippen LogP contribution in [0.15, 0.2) is 69.7 Å². The Bertz CT molecular complexity index is 1620. The third-order valence-electron chi connectivity index (χ3n) is 5.78. The highest BCUT2D eigenvalue weighted by Crippen LogP contribution is 2.39. The number of hydrogen-bond donors (Lipinski definition) is 3. The van der Waals surface area contributed by atoms with E-state index in [-0.39, 0.29) is 28.1 Å². The van der Waals surface area contributed by atoms with Gasteiger partial charge >= 0.3 is 0 Å². The van der Waals surface area contributed by atoms with E-state index in [0.717, 1.165) is 22.8 Å². The lowest BCUT2D eigenvalue weighted by Crippen LogP contribution is -2.14. The zero-order valence-corrected chi connectivity index (χ0v) is 20.9. The van der Waals surface area contributed by atoms with Crippen molar-refractivity contribution in [1.82, 2.24) is 4.98 Å². The average molecular weight is 508 g/mol. The number of hydrogen-bond acceptors (Lipinski definition) is 7. The predicted octanol–water partition coefficient (Wildman–Crippen LogP) is 6.74. The molecule has 36 heavy (non-hydrogen) atoms. The zero-order valence-electron chi connectivity index (χ0n) is 20.1. The first-order valence-electron chi connectivity index (χ1n) is 11.1. The summed E-state index contributed by atoms with van der Waals surface area (Å²) in [5.41, 5.74) is 3.18. The highest BCUT2D eigenvalue weighted by Gasteiger charge is 2.23. The first-order chi connectivity index (χ1) is 17.0. The molecule has 0 radical (unpaired) electrons. The van der Waals surface area contributed by atoms with Crippen LogP contribution in [0.2, 0.25) is 0 Å². The van der Waals surface area contributed by atoms with Gasteiger partial charge in [-0.3, -0.25) is 14.8 Å². The van der Waals surface area contributed by atoms with Gasteiger partial charge in [-0.15, -0.1) is 10.2 Å². The highest BCUT2D eigenvalue weighted by molar-refractivity contribution is 7.92. The maximum atomic E-state index is 12.9. The van der Waals surface area contributed by atoms with Crippen LogP contribution >= 0.6 is 0 Å². The maximum Gasteiger partial charge on any atom is 0.298 e. The number of sulfonamides is 1. The number of nitrogens with zero attached hydrogens (tertiary/aromatic N) is 3. The molecule has 186 valence electrons. The number of nitrogens with one attached hydrogen (secondary N) is 2. The lowest BCUT2D eigenvalue weighted by molar-refractivity contribution is -0.384. The van der Waals surface area contributed by atoms with Gasteiger partial charge in [0.15, 0.2) is 11.4 Å². The van der Waals surface area contributed by atoms with Gasteiger partial charge in [0, 0.05) is 11.5 Å². The second-order valence-electron chi connectivity index (χ2n) is 8.81. The summed E-state index contributed by atoms with van der Waals surface area (Å²) in [4.78, 5) is 13.5. The van der Waals surface area contributed by atoms with Crippen LogP contribution in [0.25, 0.3) is 10.9 Å². The number of aromatic amines is 1. The molecule has 4 aromatic rings. The number of aromatic nitrogens is 1. The average Bonchev–Trinajstić information content (AvgIpc) is 3.13. The molecule has 1 aromatic heterocycles. The fourth-order valence-corrected chi connectivity index (χ4v) is 4.93. The second-order valence-corrected chi connectivity index (χ2v) is 10.5. The number of rotatable bonds is 7. The smallest absolute Gasteiger partial charge is 0.298 e. The molecule has 0 aliphatic rings. The molecule has 4 rings (SSSR count). The Morgan fingerprint density at radius 2 is 1.78 bits per heavy atom. The Hall–Kier alpha value is -4.25. The van der Waals surface area contributed by atoms with Crippen molar-refractivity contribution in [2.24, 2.45) is 10.2 Å². The van der Waals surface area contributed by atoms with Gasteiger partial charge in [0.25, 0.3) is 15.7 Å². The van der Waals surface area contributed by atoms with Crippen LogP contribution in [0.4, 0.5) is 22.7 Å². The molecule has 0 fully saturated rings. The molecule has 0 unspecified atom stereocenters. The zero-order chi connectivity index (χ0) is 26.2. The van der Waals surface area contributed by atoms with Crippen molar-refractivity contribution >= 4 is 43.7 Å².